The molecule has 1 N–H and O–H groups in total. The van der Waals surface area contributed by atoms with Crippen molar-refractivity contribution in [3.05, 3.63) is 54.6 Å². The third-order valence-corrected chi connectivity index (χ3v) is 3.13. The SMILES string of the molecule is O=C(Cn1nnc(-c2ccccc2)n1)Nc1ccc(OC(F)F)cc1. The number of hydrogen-bond acceptors (Lipinski definition) is 5. The minimum atomic E-state index is -2.89. The van der Waals surface area contributed by atoms with Crippen LogP contribution in [-0.4, -0.2) is 32.7 Å². The van der Waals surface area contributed by atoms with Crippen molar-refractivity contribution in [1.82, 2.24) is 20.2 Å². The summed E-state index contributed by atoms with van der Waals surface area (Å²) in [6.07, 6.45) is 0. The maximum Gasteiger partial charge on any atom is 0.387 e. The number of halogens is 2. The Hall–Kier alpha value is -3.36. The normalized spacial score (nSPS) is 10.7. The Morgan fingerprint density at radius 2 is 1.84 bits per heavy atom. The maximum absolute atomic E-state index is 12.1. The highest BCUT2D eigenvalue weighted by molar-refractivity contribution is 5.90. The van der Waals surface area contributed by atoms with Crippen molar-refractivity contribution in [3.8, 4) is 17.1 Å². The molecule has 0 atom stereocenters. The molecule has 0 aliphatic rings. The predicted octanol–water partition coefficient (Wildman–Crippen LogP) is 2.58. The number of tetrazole rings is 1. The fourth-order valence-corrected chi connectivity index (χ4v) is 2.06. The lowest BCUT2D eigenvalue weighted by Gasteiger charge is -2.07. The average molecular weight is 345 g/mol. The first-order chi connectivity index (χ1) is 12.1. The van der Waals surface area contributed by atoms with Gasteiger partial charge < -0.3 is 10.1 Å². The molecule has 25 heavy (non-hydrogen) atoms. The number of anilines is 1. The van der Waals surface area contributed by atoms with E-state index in [-0.39, 0.29) is 18.2 Å². The van der Waals surface area contributed by atoms with Crippen molar-refractivity contribution in [2.75, 3.05) is 5.32 Å². The third-order valence-electron chi connectivity index (χ3n) is 3.13. The second-order valence-electron chi connectivity index (χ2n) is 4.96. The lowest BCUT2D eigenvalue weighted by atomic mass is 10.2. The second-order valence-corrected chi connectivity index (χ2v) is 4.96. The van der Waals surface area contributed by atoms with Crippen molar-refractivity contribution in [2.24, 2.45) is 0 Å². The average Bonchev–Trinajstić information content (AvgIpc) is 3.05. The largest absolute Gasteiger partial charge is 0.435 e. The van der Waals surface area contributed by atoms with Crippen LogP contribution in [0.1, 0.15) is 0 Å². The van der Waals surface area contributed by atoms with Gasteiger partial charge >= 0.3 is 6.61 Å². The van der Waals surface area contributed by atoms with Gasteiger partial charge in [-0.1, -0.05) is 30.3 Å². The number of ether oxygens (including phenoxy) is 1. The molecule has 7 nitrogen and oxygen atoms in total. The monoisotopic (exact) mass is 345 g/mol. The Morgan fingerprint density at radius 1 is 1.12 bits per heavy atom. The van der Waals surface area contributed by atoms with Crippen LogP contribution in [0.5, 0.6) is 5.75 Å². The number of nitrogens with zero attached hydrogens (tertiary/aromatic N) is 4. The van der Waals surface area contributed by atoms with Crippen LogP contribution >= 0.6 is 0 Å². The molecule has 1 aromatic heterocycles. The van der Waals surface area contributed by atoms with Gasteiger partial charge in [-0.3, -0.25) is 4.79 Å². The summed E-state index contributed by atoms with van der Waals surface area (Å²) in [4.78, 5) is 13.2. The zero-order valence-electron chi connectivity index (χ0n) is 12.8. The molecule has 0 aliphatic carbocycles. The quantitative estimate of drug-likeness (QED) is 0.742. The molecule has 0 radical (unpaired) electrons. The van der Waals surface area contributed by atoms with Gasteiger partial charge in [0, 0.05) is 11.3 Å². The molecule has 0 saturated heterocycles. The van der Waals surface area contributed by atoms with E-state index in [1.54, 1.807) is 0 Å². The van der Waals surface area contributed by atoms with Gasteiger partial charge in [-0.25, -0.2) is 0 Å². The third kappa shape index (κ3) is 4.56. The smallest absolute Gasteiger partial charge is 0.387 e. The van der Waals surface area contributed by atoms with Crippen LogP contribution in [0.2, 0.25) is 0 Å². The number of aromatic nitrogens is 4. The first kappa shape index (κ1) is 16.5. The van der Waals surface area contributed by atoms with E-state index in [9.17, 15) is 13.6 Å². The second kappa shape index (κ2) is 7.47. The topological polar surface area (TPSA) is 81.9 Å². The number of hydrogen-bond donors (Lipinski definition) is 1. The summed E-state index contributed by atoms with van der Waals surface area (Å²) >= 11 is 0. The zero-order valence-corrected chi connectivity index (χ0v) is 12.8. The summed E-state index contributed by atoms with van der Waals surface area (Å²) in [6.45, 7) is -3.02. The summed E-state index contributed by atoms with van der Waals surface area (Å²) in [5.41, 5.74) is 1.23. The standard InChI is InChI=1S/C16H13F2N5O2/c17-16(18)25-13-8-6-12(7-9-13)19-14(24)10-23-21-15(20-22-23)11-4-2-1-3-5-11/h1-9,16H,10H2,(H,19,24). The van der Waals surface area contributed by atoms with Gasteiger partial charge in [-0.15, -0.1) is 10.2 Å². The fraction of sp³-hybridized carbons (Fsp3) is 0.125. The first-order valence-electron chi connectivity index (χ1n) is 7.28. The maximum atomic E-state index is 12.1. The van der Waals surface area contributed by atoms with Crippen LogP contribution in [0.3, 0.4) is 0 Å². The minimum absolute atomic E-state index is 0.0124. The highest BCUT2D eigenvalue weighted by Gasteiger charge is 2.10. The van der Waals surface area contributed by atoms with Crippen molar-refractivity contribution in [1.29, 1.82) is 0 Å². The van der Waals surface area contributed by atoms with Crippen molar-refractivity contribution < 1.29 is 18.3 Å². The molecule has 3 aromatic rings. The highest BCUT2D eigenvalue weighted by atomic mass is 19.3. The van der Waals surface area contributed by atoms with Crippen LogP contribution in [0.4, 0.5) is 14.5 Å². The number of carbonyl (C=O) groups is 1. The molecule has 1 heterocycles. The van der Waals surface area contributed by atoms with Crippen molar-refractivity contribution in [3.63, 3.8) is 0 Å². The van der Waals surface area contributed by atoms with Crippen LogP contribution < -0.4 is 10.1 Å². The molecule has 128 valence electrons. The number of rotatable bonds is 6. The summed E-state index contributed by atoms with van der Waals surface area (Å²) in [7, 11) is 0. The molecule has 0 fully saturated rings. The molecular formula is C16H13F2N5O2. The van der Waals surface area contributed by atoms with Gasteiger partial charge in [-0.2, -0.15) is 13.6 Å². The number of benzene rings is 2. The molecule has 0 aliphatic heterocycles. The van der Waals surface area contributed by atoms with E-state index in [2.05, 4.69) is 25.5 Å². The van der Waals surface area contributed by atoms with Crippen LogP contribution in [0.15, 0.2) is 54.6 Å². The Morgan fingerprint density at radius 3 is 2.52 bits per heavy atom. The number of alkyl halides is 2. The molecule has 1 amide bonds. The van der Waals surface area contributed by atoms with Crippen LogP contribution in [0.25, 0.3) is 11.4 Å². The van der Waals surface area contributed by atoms with Crippen LogP contribution in [0, 0.1) is 0 Å². The Bertz CT molecular complexity index is 837. The molecular weight excluding hydrogens is 332 g/mol. The molecule has 0 unspecified atom stereocenters. The van der Waals surface area contributed by atoms with E-state index in [1.165, 1.54) is 29.1 Å². The zero-order chi connectivity index (χ0) is 17.6. The summed E-state index contributed by atoms with van der Waals surface area (Å²) in [6, 6.07) is 14.8. The predicted molar refractivity (Wildman–Crippen MR) is 85.0 cm³/mol. The number of carbonyl (C=O) groups excluding carboxylic acids is 1. The molecule has 9 heteroatoms. The molecule has 0 bridgehead atoms. The molecule has 3 rings (SSSR count). The van der Waals surface area contributed by atoms with Gasteiger partial charge in [0.2, 0.25) is 11.7 Å². The van der Waals surface area contributed by atoms with Crippen molar-refractivity contribution in [2.45, 2.75) is 13.2 Å². The Balaban J connectivity index is 1.58. The van der Waals surface area contributed by atoms with E-state index in [0.29, 0.717) is 11.5 Å². The fourth-order valence-electron chi connectivity index (χ4n) is 2.06. The van der Waals surface area contributed by atoms with Gasteiger partial charge in [0.15, 0.2) is 0 Å². The summed E-state index contributed by atoms with van der Waals surface area (Å²) in [5.74, 6) is 0.0554. The van der Waals surface area contributed by atoms with Crippen molar-refractivity contribution >= 4 is 11.6 Å². The first-order valence-corrected chi connectivity index (χ1v) is 7.28. The molecule has 0 spiro atoms. The number of nitrogens with one attached hydrogen (secondary N) is 1. The number of amides is 1. The molecule has 0 saturated carbocycles. The van der Waals surface area contributed by atoms with Gasteiger partial charge in [0.25, 0.3) is 0 Å². The lowest BCUT2D eigenvalue weighted by molar-refractivity contribution is -0.117. The van der Waals surface area contributed by atoms with E-state index in [4.69, 9.17) is 0 Å². The Labute approximate surface area is 141 Å². The van der Waals surface area contributed by atoms with Crippen LogP contribution in [-0.2, 0) is 11.3 Å². The lowest BCUT2D eigenvalue weighted by Crippen LogP contribution is -2.20. The highest BCUT2D eigenvalue weighted by Crippen LogP contribution is 2.17. The van der Waals surface area contributed by atoms with E-state index < -0.39 is 6.61 Å². The van der Waals surface area contributed by atoms with E-state index in [0.717, 1.165) is 5.56 Å². The Kier molecular flexibility index (Phi) is 4.93. The van der Waals surface area contributed by atoms with E-state index >= 15 is 0 Å². The van der Waals surface area contributed by atoms with Gasteiger partial charge in [-0.05, 0) is 29.5 Å². The van der Waals surface area contributed by atoms with Gasteiger partial charge in [0.1, 0.15) is 12.3 Å². The summed E-state index contributed by atoms with van der Waals surface area (Å²) < 4.78 is 28.4. The minimum Gasteiger partial charge on any atom is -0.435 e. The van der Waals surface area contributed by atoms with Gasteiger partial charge in [0.05, 0.1) is 0 Å². The van der Waals surface area contributed by atoms with E-state index in [1.807, 2.05) is 30.3 Å². The molecule has 2 aromatic carbocycles. The summed E-state index contributed by atoms with van der Waals surface area (Å²) in [5, 5.41) is 14.5.